The summed E-state index contributed by atoms with van der Waals surface area (Å²) < 4.78 is 18.3. The normalized spacial score (nSPS) is 14.4. The largest absolute Gasteiger partial charge is 0.469 e. The van der Waals surface area contributed by atoms with Crippen LogP contribution in [0.3, 0.4) is 0 Å². The van der Waals surface area contributed by atoms with E-state index in [9.17, 15) is 14.3 Å². The van der Waals surface area contributed by atoms with Gasteiger partial charge >= 0.3 is 5.97 Å². The van der Waals surface area contributed by atoms with E-state index in [1.807, 2.05) is 0 Å². The van der Waals surface area contributed by atoms with Gasteiger partial charge in [0.15, 0.2) is 0 Å². The third kappa shape index (κ3) is 3.21. The molecule has 0 radical (unpaired) electrons. The van der Waals surface area contributed by atoms with Crippen molar-refractivity contribution < 1.29 is 19.0 Å². The van der Waals surface area contributed by atoms with Crippen LogP contribution in [0.15, 0.2) is 18.2 Å². The van der Waals surface area contributed by atoms with Crippen molar-refractivity contribution in [3.63, 3.8) is 0 Å². The molecule has 1 aromatic rings. The number of halogens is 2. The van der Waals surface area contributed by atoms with Crippen molar-refractivity contribution in [1.82, 2.24) is 0 Å². The summed E-state index contributed by atoms with van der Waals surface area (Å²) in [5.74, 6) is -2.19. The Morgan fingerprint density at radius 1 is 1.44 bits per heavy atom. The molecular weight excluding hydrogens is 259 g/mol. The highest BCUT2D eigenvalue weighted by atomic mass is 35.5. The maximum Gasteiger partial charge on any atom is 0.311 e. The number of ether oxygens (including phenoxy) is 1. The molecule has 18 heavy (non-hydrogen) atoms. The van der Waals surface area contributed by atoms with Crippen molar-refractivity contribution in [2.24, 2.45) is 11.8 Å². The zero-order valence-electron chi connectivity index (χ0n) is 10.5. The van der Waals surface area contributed by atoms with E-state index in [0.29, 0.717) is 0 Å². The predicted octanol–water partition coefficient (Wildman–Crippen LogP) is 2.96. The number of carbonyl (C=O) groups is 1. The highest BCUT2D eigenvalue weighted by Gasteiger charge is 2.33. The lowest BCUT2D eigenvalue weighted by Crippen LogP contribution is -2.28. The Morgan fingerprint density at radius 2 is 2.06 bits per heavy atom. The van der Waals surface area contributed by atoms with Crippen molar-refractivity contribution in [2.75, 3.05) is 7.11 Å². The molecule has 0 heterocycles. The summed E-state index contributed by atoms with van der Waals surface area (Å²) in [4.78, 5) is 11.6. The van der Waals surface area contributed by atoms with Crippen LogP contribution in [0.5, 0.6) is 0 Å². The molecule has 1 rings (SSSR count). The molecule has 0 saturated heterocycles. The second-order valence-electron chi connectivity index (χ2n) is 4.40. The molecule has 0 aromatic heterocycles. The quantitative estimate of drug-likeness (QED) is 0.859. The van der Waals surface area contributed by atoms with Gasteiger partial charge in [0.1, 0.15) is 5.82 Å². The summed E-state index contributed by atoms with van der Waals surface area (Å²) >= 11 is 5.64. The van der Waals surface area contributed by atoms with Gasteiger partial charge in [0.05, 0.1) is 19.1 Å². The zero-order valence-corrected chi connectivity index (χ0v) is 11.2. The van der Waals surface area contributed by atoms with Crippen LogP contribution in [-0.4, -0.2) is 18.2 Å². The molecule has 2 unspecified atom stereocenters. The van der Waals surface area contributed by atoms with E-state index in [1.54, 1.807) is 13.8 Å². The summed E-state index contributed by atoms with van der Waals surface area (Å²) in [5, 5.41) is 10.4. The number of aliphatic hydroxyl groups excluding tert-OH is 1. The van der Waals surface area contributed by atoms with E-state index in [1.165, 1.54) is 19.2 Å². The van der Waals surface area contributed by atoms with Crippen molar-refractivity contribution >= 4 is 17.6 Å². The van der Waals surface area contributed by atoms with Gasteiger partial charge in [-0.15, -0.1) is 0 Å². The van der Waals surface area contributed by atoms with E-state index in [-0.39, 0.29) is 16.5 Å². The molecule has 100 valence electrons. The van der Waals surface area contributed by atoms with Crippen molar-refractivity contribution in [2.45, 2.75) is 20.0 Å². The molecule has 0 aliphatic heterocycles. The van der Waals surface area contributed by atoms with Gasteiger partial charge in [-0.3, -0.25) is 4.79 Å². The van der Waals surface area contributed by atoms with Crippen molar-refractivity contribution in [3.05, 3.63) is 34.6 Å². The number of hydrogen-bond donors (Lipinski definition) is 1. The van der Waals surface area contributed by atoms with E-state index >= 15 is 0 Å². The molecule has 3 nitrogen and oxygen atoms in total. The summed E-state index contributed by atoms with van der Waals surface area (Å²) in [6.45, 7) is 3.53. The minimum Gasteiger partial charge on any atom is -0.469 e. The summed E-state index contributed by atoms with van der Waals surface area (Å²) in [6, 6.07) is 3.95. The number of aliphatic hydroxyl groups is 1. The molecule has 0 spiro atoms. The first-order valence-corrected chi connectivity index (χ1v) is 5.97. The first kappa shape index (κ1) is 14.9. The smallest absolute Gasteiger partial charge is 0.311 e. The number of methoxy groups -OCH3 is 1. The highest BCUT2D eigenvalue weighted by molar-refractivity contribution is 6.30. The Kier molecular flexibility index (Phi) is 5.11. The van der Waals surface area contributed by atoms with Gasteiger partial charge in [-0.05, 0) is 18.1 Å². The summed E-state index contributed by atoms with van der Waals surface area (Å²) in [5.41, 5.74) is 0.0449. The van der Waals surface area contributed by atoms with Crippen molar-refractivity contribution in [3.8, 4) is 0 Å². The third-order valence-electron chi connectivity index (χ3n) is 2.81. The van der Waals surface area contributed by atoms with Gasteiger partial charge in [0, 0.05) is 10.6 Å². The van der Waals surface area contributed by atoms with Crippen LogP contribution in [0, 0.1) is 17.7 Å². The predicted molar refractivity (Wildman–Crippen MR) is 66.7 cm³/mol. The van der Waals surface area contributed by atoms with Crippen LogP contribution in [-0.2, 0) is 9.53 Å². The van der Waals surface area contributed by atoms with E-state index in [2.05, 4.69) is 4.74 Å². The van der Waals surface area contributed by atoms with E-state index in [0.717, 1.165) is 6.07 Å². The number of benzene rings is 1. The molecule has 2 atom stereocenters. The van der Waals surface area contributed by atoms with E-state index < -0.39 is 23.8 Å². The molecule has 0 bridgehead atoms. The topological polar surface area (TPSA) is 46.5 Å². The fraction of sp³-hybridized carbons (Fsp3) is 0.462. The van der Waals surface area contributed by atoms with Gasteiger partial charge in [-0.1, -0.05) is 31.5 Å². The van der Waals surface area contributed by atoms with Gasteiger partial charge in [0.25, 0.3) is 0 Å². The Labute approximate surface area is 111 Å². The minimum atomic E-state index is -1.25. The average Bonchev–Trinajstić information content (AvgIpc) is 2.28. The Bertz CT molecular complexity index is 434. The van der Waals surface area contributed by atoms with Crippen molar-refractivity contribution in [1.29, 1.82) is 0 Å². The molecule has 1 aromatic carbocycles. The van der Waals surface area contributed by atoms with Gasteiger partial charge < -0.3 is 9.84 Å². The van der Waals surface area contributed by atoms with Crippen LogP contribution in [0.4, 0.5) is 4.39 Å². The van der Waals surface area contributed by atoms with Crippen LogP contribution < -0.4 is 0 Å². The lowest BCUT2D eigenvalue weighted by atomic mass is 9.86. The maximum absolute atomic E-state index is 13.7. The lowest BCUT2D eigenvalue weighted by Gasteiger charge is -2.24. The Hall–Kier alpha value is -1.13. The van der Waals surface area contributed by atoms with Gasteiger partial charge in [0.2, 0.25) is 0 Å². The second-order valence-corrected chi connectivity index (χ2v) is 4.84. The Balaban J connectivity index is 3.09. The first-order chi connectivity index (χ1) is 8.38. The van der Waals surface area contributed by atoms with Gasteiger partial charge in [-0.2, -0.15) is 0 Å². The highest BCUT2D eigenvalue weighted by Crippen LogP contribution is 2.31. The summed E-state index contributed by atoms with van der Waals surface area (Å²) in [6.07, 6.45) is -1.25. The summed E-state index contributed by atoms with van der Waals surface area (Å²) in [7, 11) is 1.24. The molecule has 0 aliphatic carbocycles. The number of esters is 1. The third-order valence-corrected chi connectivity index (χ3v) is 3.05. The number of carbonyl (C=O) groups excluding carboxylic acids is 1. The number of hydrogen-bond acceptors (Lipinski definition) is 3. The Morgan fingerprint density at radius 3 is 2.50 bits per heavy atom. The molecule has 0 amide bonds. The molecule has 0 aliphatic rings. The zero-order chi connectivity index (χ0) is 13.9. The molecule has 5 heteroatoms. The van der Waals surface area contributed by atoms with Crippen LogP contribution >= 0.6 is 11.6 Å². The second kappa shape index (κ2) is 6.16. The van der Waals surface area contributed by atoms with Crippen LogP contribution in [0.1, 0.15) is 25.5 Å². The number of rotatable bonds is 4. The monoisotopic (exact) mass is 274 g/mol. The lowest BCUT2D eigenvalue weighted by molar-refractivity contribution is -0.152. The van der Waals surface area contributed by atoms with Crippen LogP contribution in [0.25, 0.3) is 0 Å². The van der Waals surface area contributed by atoms with E-state index in [4.69, 9.17) is 11.6 Å². The molecule has 0 fully saturated rings. The fourth-order valence-electron chi connectivity index (χ4n) is 1.84. The molecule has 0 saturated carbocycles. The standard InChI is InChI=1S/C13H16ClFO3/c1-7(2)11(13(17)18-3)12(16)9-5-4-8(14)6-10(9)15/h4-7,11-12,16H,1-3H3. The van der Waals surface area contributed by atoms with Gasteiger partial charge in [-0.25, -0.2) is 4.39 Å². The fourth-order valence-corrected chi connectivity index (χ4v) is 2.00. The maximum atomic E-state index is 13.7. The minimum absolute atomic E-state index is 0.0449. The first-order valence-electron chi connectivity index (χ1n) is 5.59. The molecule has 1 N–H and O–H groups in total. The SMILES string of the molecule is COC(=O)C(C(C)C)C(O)c1ccc(Cl)cc1F. The average molecular weight is 275 g/mol. The van der Waals surface area contributed by atoms with Crippen LogP contribution in [0.2, 0.25) is 5.02 Å². The molecular formula is C13H16ClFO3.